The average Bonchev–Trinajstić information content (AvgIpc) is 2.26. The van der Waals surface area contributed by atoms with Crippen molar-refractivity contribution in [3.05, 3.63) is 0 Å². The molecule has 88 valence electrons. The van der Waals surface area contributed by atoms with Crippen molar-refractivity contribution in [3.63, 3.8) is 0 Å². The fraction of sp³-hybridized carbons (Fsp3) is 0.917. The van der Waals surface area contributed by atoms with Gasteiger partial charge in [0, 0.05) is 19.5 Å². The molecule has 15 heavy (non-hydrogen) atoms. The molecule has 0 aromatic rings. The summed E-state index contributed by atoms with van der Waals surface area (Å²) in [5, 5.41) is 9.11. The second kappa shape index (κ2) is 6.11. The molecule has 3 heteroatoms. The fourth-order valence-corrected chi connectivity index (χ4v) is 2.08. The second-order valence-electron chi connectivity index (χ2n) is 4.62. The zero-order valence-corrected chi connectivity index (χ0v) is 9.91. The third-order valence-corrected chi connectivity index (χ3v) is 3.32. The molecule has 3 nitrogen and oxygen atoms in total. The van der Waals surface area contributed by atoms with Crippen molar-refractivity contribution in [1.29, 1.82) is 0 Å². The van der Waals surface area contributed by atoms with Crippen molar-refractivity contribution < 1.29 is 9.90 Å². The monoisotopic (exact) mass is 213 g/mol. The van der Waals surface area contributed by atoms with Gasteiger partial charge in [0.2, 0.25) is 5.91 Å². The van der Waals surface area contributed by atoms with Crippen LogP contribution >= 0.6 is 0 Å². The summed E-state index contributed by atoms with van der Waals surface area (Å²) in [6.07, 6.45) is 4.26. The Kier molecular flexibility index (Phi) is 5.09. The number of carbonyl (C=O) groups is 1. The highest BCUT2D eigenvalue weighted by Crippen LogP contribution is 2.20. The van der Waals surface area contributed by atoms with E-state index in [1.807, 2.05) is 4.90 Å². The lowest BCUT2D eigenvalue weighted by Gasteiger charge is -2.31. The number of amides is 1. The molecule has 0 aromatic heterocycles. The summed E-state index contributed by atoms with van der Waals surface area (Å²) in [6.45, 7) is 5.78. The van der Waals surface area contributed by atoms with Crippen LogP contribution in [-0.4, -0.2) is 35.1 Å². The summed E-state index contributed by atoms with van der Waals surface area (Å²) in [6, 6.07) is 0. The first-order chi connectivity index (χ1) is 7.13. The Hall–Kier alpha value is -0.570. The maximum atomic E-state index is 11.7. The number of carbonyl (C=O) groups excluding carboxylic acids is 1. The highest BCUT2D eigenvalue weighted by Gasteiger charge is 2.21. The van der Waals surface area contributed by atoms with Crippen molar-refractivity contribution in [1.82, 2.24) is 4.90 Å². The maximum absolute atomic E-state index is 11.7. The Bertz CT molecular complexity index is 196. The van der Waals surface area contributed by atoms with E-state index in [-0.39, 0.29) is 12.0 Å². The molecular formula is C12H23NO2. The molecule has 0 aromatic carbocycles. The molecule has 1 aliphatic heterocycles. The van der Waals surface area contributed by atoms with Crippen LogP contribution in [0.5, 0.6) is 0 Å². The SMILES string of the molecule is CCC1CCN(C(=O)CCC(C)O)CC1. The van der Waals surface area contributed by atoms with Crippen LogP contribution in [0.1, 0.15) is 46.0 Å². The van der Waals surface area contributed by atoms with Crippen LogP contribution in [0, 0.1) is 5.92 Å². The fourth-order valence-electron chi connectivity index (χ4n) is 2.08. The van der Waals surface area contributed by atoms with Gasteiger partial charge >= 0.3 is 0 Å². The molecule has 1 rings (SSSR count). The summed E-state index contributed by atoms with van der Waals surface area (Å²) < 4.78 is 0. The molecule has 1 fully saturated rings. The first-order valence-electron chi connectivity index (χ1n) is 6.09. The van der Waals surface area contributed by atoms with Crippen LogP contribution in [0.4, 0.5) is 0 Å². The number of rotatable bonds is 4. The molecular weight excluding hydrogens is 190 g/mol. The number of aliphatic hydroxyl groups excluding tert-OH is 1. The van der Waals surface area contributed by atoms with E-state index < -0.39 is 0 Å². The van der Waals surface area contributed by atoms with E-state index in [1.165, 1.54) is 6.42 Å². The van der Waals surface area contributed by atoms with Crippen molar-refractivity contribution >= 4 is 5.91 Å². The van der Waals surface area contributed by atoms with Gasteiger partial charge in [-0.3, -0.25) is 4.79 Å². The van der Waals surface area contributed by atoms with Gasteiger partial charge in [0.05, 0.1) is 6.10 Å². The molecule has 1 saturated heterocycles. The molecule has 1 N–H and O–H groups in total. The molecule has 1 unspecified atom stereocenters. The molecule has 1 heterocycles. The number of likely N-dealkylation sites (tertiary alicyclic amines) is 1. The molecule has 0 bridgehead atoms. The largest absolute Gasteiger partial charge is 0.393 e. The van der Waals surface area contributed by atoms with Crippen LogP contribution in [0.3, 0.4) is 0 Å². The Morgan fingerprint density at radius 1 is 1.47 bits per heavy atom. The normalized spacial score (nSPS) is 20.3. The van der Waals surface area contributed by atoms with E-state index in [0.717, 1.165) is 31.8 Å². The van der Waals surface area contributed by atoms with E-state index in [0.29, 0.717) is 12.8 Å². The number of nitrogens with zero attached hydrogens (tertiary/aromatic N) is 1. The highest BCUT2D eigenvalue weighted by molar-refractivity contribution is 5.76. The van der Waals surface area contributed by atoms with Gasteiger partial charge in [-0.2, -0.15) is 0 Å². The van der Waals surface area contributed by atoms with Crippen LogP contribution in [0.15, 0.2) is 0 Å². The summed E-state index contributed by atoms with van der Waals surface area (Å²) in [5.41, 5.74) is 0. The summed E-state index contributed by atoms with van der Waals surface area (Å²) in [4.78, 5) is 13.7. The standard InChI is InChI=1S/C12H23NO2/c1-3-11-6-8-13(9-7-11)12(15)5-4-10(2)14/h10-11,14H,3-9H2,1-2H3. The molecule has 0 aliphatic carbocycles. The Morgan fingerprint density at radius 2 is 2.07 bits per heavy atom. The van der Waals surface area contributed by atoms with Crippen LogP contribution in [-0.2, 0) is 4.79 Å². The second-order valence-corrected chi connectivity index (χ2v) is 4.62. The topological polar surface area (TPSA) is 40.5 Å². The minimum absolute atomic E-state index is 0.213. The predicted octanol–water partition coefficient (Wildman–Crippen LogP) is 1.80. The molecule has 0 radical (unpaired) electrons. The van der Waals surface area contributed by atoms with Gasteiger partial charge in [-0.25, -0.2) is 0 Å². The highest BCUT2D eigenvalue weighted by atomic mass is 16.3. The number of piperidine rings is 1. The predicted molar refractivity (Wildman–Crippen MR) is 60.5 cm³/mol. The quantitative estimate of drug-likeness (QED) is 0.773. The number of hydrogen-bond donors (Lipinski definition) is 1. The first kappa shape index (κ1) is 12.5. The van der Waals surface area contributed by atoms with E-state index in [9.17, 15) is 4.79 Å². The Morgan fingerprint density at radius 3 is 2.53 bits per heavy atom. The van der Waals surface area contributed by atoms with Gasteiger partial charge in [-0.05, 0) is 32.1 Å². The minimum Gasteiger partial charge on any atom is -0.393 e. The van der Waals surface area contributed by atoms with Crippen molar-refractivity contribution in [2.45, 2.75) is 52.1 Å². The van der Waals surface area contributed by atoms with Crippen LogP contribution in [0.2, 0.25) is 0 Å². The molecule has 1 atom stereocenters. The van der Waals surface area contributed by atoms with Crippen molar-refractivity contribution in [2.24, 2.45) is 5.92 Å². The van der Waals surface area contributed by atoms with Gasteiger partial charge in [0.1, 0.15) is 0 Å². The zero-order valence-electron chi connectivity index (χ0n) is 9.91. The summed E-state index contributed by atoms with van der Waals surface area (Å²) >= 11 is 0. The van der Waals surface area contributed by atoms with Gasteiger partial charge in [-0.1, -0.05) is 13.3 Å². The van der Waals surface area contributed by atoms with Crippen LogP contribution in [0.25, 0.3) is 0 Å². The Balaban J connectivity index is 2.24. The van der Waals surface area contributed by atoms with Gasteiger partial charge in [-0.15, -0.1) is 0 Å². The van der Waals surface area contributed by atoms with E-state index >= 15 is 0 Å². The van der Waals surface area contributed by atoms with Crippen LogP contribution < -0.4 is 0 Å². The van der Waals surface area contributed by atoms with Gasteiger partial charge < -0.3 is 10.0 Å². The Labute approximate surface area is 92.5 Å². The first-order valence-corrected chi connectivity index (χ1v) is 6.09. The molecule has 0 saturated carbocycles. The van der Waals surface area contributed by atoms with Crippen molar-refractivity contribution in [3.8, 4) is 0 Å². The smallest absolute Gasteiger partial charge is 0.222 e. The van der Waals surface area contributed by atoms with E-state index in [1.54, 1.807) is 6.92 Å². The molecule has 1 aliphatic rings. The average molecular weight is 213 g/mol. The molecule has 1 amide bonds. The van der Waals surface area contributed by atoms with Gasteiger partial charge in [0.25, 0.3) is 0 Å². The van der Waals surface area contributed by atoms with E-state index in [2.05, 4.69) is 6.92 Å². The van der Waals surface area contributed by atoms with E-state index in [4.69, 9.17) is 5.11 Å². The number of aliphatic hydroxyl groups is 1. The lowest BCUT2D eigenvalue weighted by molar-refractivity contribution is -0.133. The summed E-state index contributed by atoms with van der Waals surface area (Å²) in [7, 11) is 0. The lowest BCUT2D eigenvalue weighted by atomic mass is 9.94. The molecule has 0 spiro atoms. The minimum atomic E-state index is -0.359. The van der Waals surface area contributed by atoms with Crippen molar-refractivity contribution in [2.75, 3.05) is 13.1 Å². The third-order valence-electron chi connectivity index (χ3n) is 3.32. The zero-order chi connectivity index (χ0) is 11.3. The summed E-state index contributed by atoms with van der Waals surface area (Å²) in [5.74, 6) is 1.02. The third kappa shape index (κ3) is 4.20. The number of hydrogen-bond acceptors (Lipinski definition) is 2. The van der Waals surface area contributed by atoms with Gasteiger partial charge in [0.15, 0.2) is 0 Å². The maximum Gasteiger partial charge on any atom is 0.222 e. The lowest BCUT2D eigenvalue weighted by Crippen LogP contribution is -2.38.